The van der Waals surface area contributed by atoms with Crippen LogP contribution in [0, 0.1) is 13.8 Å². The van der Waals surface area contributed by atoms with Crippen molar-refractivity contribution in [2.45, 2.75) is 13.8 Å². The Morgan fingerprint density at radius 1 is 0.900 bits per heavy atom. The smallest absolute Gasteiger partial charge is 0.254 e. The minimum atomic E-state index is -0.00101. The lowest BCUT2D eigenvalue weighted by molar-refractivity contribution is 0.0746. The number of hydrogen-bond acceptors (Lipinski definition) is 7. The van der Waals surface area contributed by atoms with E-state index in [1.807, 2.05) is 36.9 Å². The number of ether oxygens (including phenoxy) is 2. The third-order valence-corrected chi connectivity index (χ3v) is 5.37. The normalized spacial score (nSPS) is 15.5. The molecule has 5 rings (SSSR count). The standard InChI is InChI=1S/C21H22N6O3/c1-14-11-15(2)27(24-14)20-6-5-19(22-23-20)25-7-9-26(10-8-25)21(28)16-3-4-17-18(12-16)30-13-29-17/h3-6,11-12H,7-10,13H2,1-2H3. The van der Waals surface area contributed by atoms with Crippen molar-refractivity contribution in [3.05, 3.63) is 53.3 Å². The van der Waals surface area contributed by atoms with Gasteiger partial charge in [0.15, 0.2) is 23.1 Å². The van der Waals surface area contributed by atoms with Gasteiger partial charge in [-0.15, -0.1) is 10.2 Å². The number of fused-ring (bicyclic) bond motifs is 1. The molecule has 2 aromatic heterocycles. The predicted molar refractivity (Wildman–Crippen MR) is 109 cm³/mol. The second kappa shape index (κ2) is 7.33. The molecule has 154 valence electrons. The molecule has 0 bridgehead atoms. The largest absolute Gasteiger partial charge is 0.454 e. The maximum Gasteiger partial charge on any atom is 0.254 e. The summed E-state index contributed by atoms with van der Waals surface area (Å²) >= 11 is 0. The molecule has 3 aromatic rings. The molecule has 0 unspecified atom stereocenters. The molecule has 30 heavy (non-hydrogen) atoms. The number of benzene rings is 1. The van der Waals surface area contributed by atoms with Crippen molar-refractivity contribution in [2.75, 3.05) is 37.9 Å². The molecule has 0 saturated carbocycles. The van der Waals surface area contributed by atoms with Gasteiger partial charge in [-0.25, -0.2) is 4.68 Å². The van der Waals surface area contributed by atoms with Crippen molar-refractivity contribution in [3.8, 4) is 17.3 Å². The number of nitrogens with zero attached hydrogens (tertiary/aromatic N) is 6. The summed E-state index contributed by atoms with van der Waals surface area (Å²) in [5, 5.41) is 13.2. The molecule has 9 heteroatoms. The number of carbonyl (C=O) groups is 1. The molecule has 1 amide bonds. The number of piperazine rings is 1. The number of amides is 1. The van der Waals surface area contributed by atoms with E-state index in [0.717, 1.165) is 17.2 Å². The van der Waals surface area contributed by atoms with Crippen molar-refractivity contribution >= 4 is 11.7 Å². The van der Waals surface area contributed by atoms with E-state index in [2.05, 4.69) is 20.2 Å². The molecule has 2 aliphatic heterocycles. The summed E-state index contributed by atoms with van der Waals surface area (Å²) in [7, 11) is 0. The molecule has 4 heterocycles. The highest BCUT2D eigenvalue weighted by Gasteiger charge is 2.25. The Morgan fingerprint density at radius 3 is 2.33 bits per heavy atom. The highest BCUT2D eigenvalue weighted by atomic mass is 16.7. The monoisotopic (exact) mass is 406 g/mol. The summed E-state index contributed by atoms with van der Waals surface area (Å²) in [6.07, 6.45) is 0. The Labute approximate surface area is 173 Å². The van der Waals surface area contributed by atoms with Crippen molar-refractivity contribution < 1.29 is 14.3 Å². The molecule has 1 aromatic carbocycles. The van der Waals surface area contributed by atoms with Gasteiger partial charge < -0.3 is 19.3 Å². The zero-order chi connectivity index (χ0) is 20.7. The van der Waals surface area contributed by atoms with Crippen LogP contribution < -0.4 is 14.4 Å². The van der Waals surface area contributed by atoms with Gasteiger partial charge in [-0.05, 0) is 50.2 Å². The summed E-state index contributed by atoms with van der Waals surface area (Å²) in [5.74, 6) is 2.80. The number of rotatable bonds is 3. The SMILES string of the molecule is Cc1cc(C)n(-c2ccc(N3CCN(C(=O)c4ccc5c(c4)OCO5)CC3)nn2)n1. The van der Waals surface area contributed by atoms with Crippen LogP contribution in [-0.4, -0.2) is 63.8 Å². The topological polar surface area (TPSA) is 85.6 Å². The van der Waals surface area contributed by atoms with E-state index in [-0.39, 0.29) is 12.7 Å². The van der Waals surface area contributed by atoms with Crippen LogP contribution in [0.25, 0.3) is 5.82 Å². The summed E-state index contributed by atoms with van der Waals surface area (Å²) < 4.78 is 12.5. The van der Waals surface area contributed by atoms with E-state index >= 15 is 0 Å². The lowest BCUT2D eigenvalue weighted by Gasteiger charge is -2.35. The van der Waals surface area contributed by atoms with Crippen LogP contribution in [0.2, 0.25) is 0 Å². The van der Waals surface area contributed by atoms with Gasteiger partial charge in [0.05, 0.1) is 5.69 Å². The lowest BCUT2D eigenvalue weighted by Crippen LogP contribution is -2.49. The average molecular weight is 406 g/mol. The Hall–Kier alpha value is -3.62. The van der Waals surface area contributed by atoms with Crippen LogP contribution in [-0.2, 0) is 0 Å². The van der Waals surface area contributed by atoms with Crippen molar-refractivity contribution in [1.82, 2.24) is 24.9 Å². The Bertz CT molecular complexity index is 1090. The van der Waals surface area contributed by atoms with Gasteiger partial charge in [0.25, 0.3) is 5.91 Å². The Balaban J connectivity index is 1.23. The second-order valence-corrected chi connectivity index (χ2v) is 7.44. The first-order chi connectivity index (χ1) is 14.6. The quantitative estimate of drug-likeness (QED) is 0.657. The fraction of sp³-hybridized carbons (Fsp3) is 0.333. The molecule has 0 aliphatic carbocycles. The van der Waals surface area contributed by atoms with Gasteiger partial charge >= 0.3 is 0 Å². The minimum absolute atomic E-state index is 0.00101. The van der Waals surface area contributed by atoms with Gasteiger partial charge in [-0.3, -0.25) is 4.79 Å². The molecule has 0 N–H and O–H groups in total. The number of anilines is 1. The Morgan fingerprint density at radius 2 is 1.63 bits per heavy atom. The zero-order valence-electron chi connectivity index (χ0n) is 16.9. The summed E-state index contributed by atoms with van der Waals surface area (Å²) in [4.78, 5) is 16.8. The first kappa shape index (κ1) is 18.4. The molecule has 0 atom stereocenters. The van der Waals surface area contributed by atoms with Crippen LogP contribution in [0.1, 0.15) is 21.7 Å². The summed E-state index contributed by atoms with van der Waals surface area (Å²) in [5.41, 5.74) is 2.58. The van der Waals surface area contributed by atoms with Gasteiger partial charge in [-0.2, -0.15) is 5.10 Å². The van der Waals surface area contributed by atoms with Gasteiger partial charge in [0.2, 0.25) is 6.79 Å². The summed E-state index contributed by atoms with van der Waals surface area (Å²) in [6, 6.07) is 11.2. The predicted octanol–water partition coefficient (Wildman–Crippen LogP) is 1.97. The first-order valence-corrected chi connectivity index (χ1v) is 9.90. The van der Waals surface area contributed by atoms with Crippen LogP contribution in [0.4, 0.5) is 5.82 Å². The minimum Gasteiger partial charge on any atom is -0.454 e. The van der Waals surface area contributed by atoms with Gasteiger partial charge in [0.1, 0.15) is 0 Å². The van der Waals surface area contributed by atoms with Gasteiger partial charge in [-0.1, -0.05) is 0 Å². The Kier molecular flexibility index (Phi) is 4.50. The molecular weight excluding hydrogens is 384 g/mol. The van der Waals surface area contributed by atoms with Crippen molar-refractivity contribution in [3.63, 3.8) is 0 Å². The first-order valence-electron chi connectivity index (χ1n) is 9.90. The highest BCUT2D eigenvalue weighted by Crippen LogP contribution is 2.33. The molecular formula is C21H22N6O3. The van der Waals surface area contributed by atoms with E-state index in [1.54, 1.807) is 22.9 Å². The fourth-order valence-electron chi connectivity index (χ4n) is 3.81. The second-order valence-electron chi connectivity index (χ2n) is 7.44. The van der Waals surface area contributed by atoms with Crippen LogP contribution >= 0.6 is 0 Å². The molecule has 0 radical (unpaired) electrons. The van der Waals surface area contributed by atoms with Crippen LogP contribution in [0.5, 0.6) is 11.5 Å². The molecule has 1 saturated heterocycles. The molecule has 9 nitrogen and oxygen atoms in total. The highest BCUT2D eigenvalue weighted by molar-refractivity contribution is 5.95. The number of carbonyl (C=O) groups excluding carboxylic acids is 1. The van der Waals surface area contributed by atoms with Crippen LogP contribution in [0.3, 0.4) is 0 Å². The van der Waals surface area contributed by atoms with Gasteiger partial charge in [0, 0.05) is 37.4 Å². The average Bonchev–Trinajstić information content (AvgIpc) is 3.38. The maximum absolute atomic E-state index is 12.9. The number of hydrogen-bond donors (Lipinski definition) is 0. The third kappa shape index (κ3) is 3.32. The molecule has 2 aliphatic rings. The van der Waals surface area contributed by atoms with Crippen molar-refractivity contribution in [2.24, 2.45) is 0 Å². The maximum atomic E-state index is 12.9. The van der Waals surface area contributed by atoms with E-state index in [0.29, 0.717) is 49.1 Å². The van der Waals surface area contributed by atoms with E-state index in [1.165, 1.54) is 0 Å². The molecule has 0 spiro atoms. The van der Waals surface area contributed by atoms with E-state index in [4.69, 9.17) is 9.47 Å². The summed E-state index contributed by atoms with van der Waals surface area (Å²) in [6.45, 7) is 6.78. The number of aryl methyl sites for hydroxylation is 2. The van der Waals surface area contributed by atoms with Crippen LogP contribution in [0.15, 0.2) is 36.4 Å². The van der Waals surface area contributed by atoms with E-state index < -0.39 is 0 Å². The number of aromatic nitrogens is 4. The molecule has 1 fully saturated rings. The lowest BCUT2D eigenvalue weighted by atomic mass is 10.1. The van der Waals surface area contributed by atoms with E-state index in [9.17, 15) is 4.79 Å². The zero-order valence-corrected chi connectivity index (χ0v) is 16.9. The fourth-order valence-corrected chi connectivity index (χ4v) is 3.81. The third-order valence-electron chi connectivity index (χ3n) is 5.37. The van der Waals surface area contributed by atoms with Crippen molar-refractivity contribution in [1.29, 1.82) is 0 Å².